The van der Waals surface area contributed by atoms with Crippen molar-refractivity contribution in [2.75, 3.05) is 7.11 Å². The molecule has 2 nitrogen and oxygen atoms in total. The highest BCUT2D eigenvalue weighted by atomic mass is 35.5. The summed E-state index contributed by atoms with van der Waals surface area (Å²) in [7, 11) is 1.66. The van der Waals surface area contributed by atoms with Crippen molar-refractivity contribution in [3.63, 3.8) is 0 Å². The molecule has 0 spiro atoms. The number of benzene rings is 1. The lowest BCUT2D eigenvalue weighted by Gasteiger charge is -2.16. The summed E-state index contributed by atoms with van der Waals surface area (Å²) >= 11 is 5.99. The minimum Gasteiger partial charge on any atom is -0.496 e. The van der Waals surface area contributed by atoms with Crippen LogP contribution in [0, 0.1) is 0 Å². The first-order chi connectivity index (χ1) is 8.19. The van der Waals surface area contributed by atoms with E-state index in [9.17, 15) is 0 Å². The Hall–Kier alpha value is -0.730. The average Bonchev–Trinajstić information content (AvgIpc) is 2.34. The van der Waals surface area contributed by atoms with Crippen LogP contribution in [0.15, 0.2) is 18.2 Å². The number of hydrogen-bond acceptors (Lipinski definition) is 2. The maximum absolute atomic E-state index is 6.18. The number of nitrogens with two attached hydrogens (primary N) is 1. The molecule has 0 bridgehead atoms. The molecule has 1 rings (SSSR count). The van der Waals surface area contributed by atoms with Gasteiger partial charge in [0, 0.05) is 16.6 Å². The highest BCUT2D eigenvalue weighted by molar-refractivity contribution is 6.30. The van der Waals surface area contributed by atoms with Crippen molar-refractivity contribution in [1.29, 1.82) is 0 Å². The van der Waals surface area contributed by atoms with Gasteiger partial charge in [0.1, 0.15) is 5.75 Å². The third-order valence-electron chi connectivity index (χ3n) is 2.96. The van der Waals surface area contributed by atoms with Gasteiger partial charge in [0.2, 0.25) is 0 Å². The predicted molar refractivity (Wildman–Crippen MR) is 73.7 cm³/mol. The SMILES string of the molecule is CCCCCCC(N)c1cc(Cl)ccc1OC. The van der Waals surface area contributed by atoms with Gasteiger partial charge in [0.05, 0.1) is 7.11 Å². The summed E-state index contributed by atoms with van der Waals surface area (Å²) in [6.07, 6.45) is 5.91. The molecule has 0 aliphatic rings. The molecule has 0 aliphatic carbocycles. The van der Waals surface area contributed by atoms with Gasteiger partial charge in [-0.05, 0) is 24.6 Å². The number of hydrogen-bond donors (Lipinski definition) is 1. The van der Waals surface area contributed by atoms with Crippen molar-refractivity contribution in [3.05, 3.63) is 28.8 Å². The first-order valence-electron chi connectivity index (χ1n) is 6.28. The van der Waals surface area contributed by atoms with Gasteiger partial charge in [-0.3, -0.25) is 0 Å². The molecule has 0 saturated carbocycles. The Kier molecular flexibility index (Phi) is 6.38. The predicted octanol–water partition coefficient (Wildman–Crippen LogP) is 4.32. The fraction of sp³-hybridized carbons (Fsp3) is 0.571. The van der Waals surface area contributed by atoms with Gasteiger partial charge < -0.3 is 10.5 Å². The molecule has 1 atom stereocenters. The molecule has 0 heterocycles. The minimum atomic E-state index is 0.0144. The lowest BCUT2D eigenvalue weighted by Crippen LogP contribution is -2.11. The Labute approximate surface area is 109 Å². The van der Waals surface area contributed by atoms with Crippen molar-refractivity contribution in [3.8, 4) is 5.75 Å². The van der Waals surface area contributed by atoms with Crippen molar-refractivity contribution in [1.82, 2.24) is 0 Å². The standard InChI is InChI=1S/C14H22ClNO/c1-3-4-5-6-7-13(16)12-10-11(15)8-9-14(12)17-2/h8-10,13H,3-7,16H2,1-2H3. The van der Waals surface area contributed by atoms with E-state index in [0.29, 0.717) is 5.02 Å². The molecule has 0 fully saturated rings. The molecule has 0 amide bonds. The van der Waals surface area contributed by atoms with Crippen molar-refractivity contribution < 1.29 is 4.74 Å². The fourth-order valence-corrected chi connectivity index (χ4v) is 2.12. The Bertz CT molecular complexity index is 341. The van der Waals surface area contributed by atoms with Gasteiger partial charge in [-0.25, -0.2) is 0 Å². The van der Waals surface area contributed by atoms with Crippen LogP contribution in [0.2, 0.25) is 5.02 Å². The number of rotatable bonds is 7. The van der Waals surface area contributed by atoms with Crippen LogP contribution in [-0.2, 0) is 0 Å². The molecular weight excluding hydrogens is 234 g/mol. The average molecular weight is 256 g/mol. The lowest BCUT2D eigenvalue weighted by atomic mass is 10.00. The zero-order chi connectivity index (χ0) is 12.7. The zero-order valence-corrected chi connectivity index (χ0v) is 11.5. The molecule has 96 valence electrons. The van der Waals surface area contributed by atoms with E-state index in [0.717, 1.165) is 24.2 Å². The van der Waals surface area contributed by atoms with Crippen molar-refractivity contribution >= 4 is 11.6 Å². The molecule has 17 heavy (non-hydrogen) atoms. The zero-order valence-electron chi connectivity index (χ0n) is 10.7. The summed E-state index contributed by atoms with van der Waals surface area (Å²) in [5.41, 5.74) is 7.19. The number of ether oxygens (including phenoxy) is 1. The van der Waals surface area contributed by atoms with Crippen LogP contribution in [0.1, 0.15) is 50.6 Å². The van der Waals surface area contributed by atoms with E-state index < -0.39 is 0 Å². The van der Waals surface area contributed by atoms with Gasteiger partial charge in [-0.2, -0.15) is 0 Å². The second kappa shape index (κ2) is 7.57. The Morgan fingerprint density at radius 1 is 1.29 bits per heavy atom. The smallest absolute Gasteiger partial charge is 0.123 e. The van der Waals surface area contributed by atoms with E-state index in [-0.39, 0.29) is 6.04 Å². The molecule has 0 aromatic heterocycles. The summed E-state index contributed by atoms with van der Waals surface area (Å²) in [6.45, 7) is 2.21. The molecule has 1 unspecified atom stereocenters. The maximum Gasteiger partial charge on any atom is 0.123 e. The molecule has 0 aliphatic heterocycles. The Balaban J connectivity index is 2.60. The van der Waals surface area contributed by atoms with Crippen LogP contribution in [-0.4, -0.2) is 7.11 Å². The topological polar surface area (TPSA) is 35.2 Å². The quantitative estimate of drug-likeness (QED) is 0.737. The third-order valence-corrected chi connectivity index (χ3v) is 3.19. The highest BCUT2D eigenvalue weighted by Gasteiger charge is 2.12. The highest BCUT2D eigenvalue weighted by Crippen LogP contribution is 2.29. The third kappa shape index (κ3) is 4.57. The molecule has 0 radical (unpaired) electrons. The normalized spacial score (nSPS) is 12.5. The van der Waals surface area contributed by atoms with E-state index in [2.05, 4.69) is 6.92 Å². The van der Waals surface area contributed by atoms with Crippen LogP contribution in [0.25, 0.3) is 0 Å². The largest absolute Gasteiger partial charge is 0.496 e. The van der Waals surface area contributed by atoms with Gasteiger partial charge in [-0.1, -0.05) is 44.2 Å². The van der Waals surface area contributed by atoms with E-state index in [4.69, 9.17) is 22.1 Å². The fourth-order valence-electron chi connectivity index (χ4n) is 1.94. The molecular formula is C14H22ClNO. The number of unbranched alkanes of at least 4 members (excludes halogenated alkanes) is 3. The van der Waals surface area contributed by atoms with Crippen LogP contribution in [0.3, 0.4) is 0 Å². The summed E-state index contributed by atoms with van der Waals surface area (Å²) in [5.74, 6) is 0.831. The second-order valence-corrected chi connectivity index (χ2v) is 4.78. The Morgan fingerprint density at radius 2 is 2.06 bits per heavy atom. The van der Waals surface area contributed by atoms with Gasteiger partial charge in [0.25, 0.3) is 0 Å². The van der Waals surface area contributed by atoms with E-state index in [1.165, 1.54) is 19.3 Å². The van der Waals surface area contributed by atoms with Gasteiger partial charge >= 0.3 is 0 Å². The second-order valence-electron chi connectivity index (χ2n) is 4.34. The first-order valence-corrected chi connectivity index (χ1v) is 6.65. The summed E-state index contributed by atoms with van der Waals surface area (Å²) in [5, 5.41) is 0.713. The van der Waals surface area contributed by atoms with Crippen LogP contribution >= 0.6 is 11.6 Å². The summed E-state index contributed by atoms with van der Waals surface area (Å²) < 4.78 is 5.31. The first kappa shape index (κ1) is 14.3. The molecule has 1 aromatic rings. The molecule has 0 saturated heterocycles. The molecule has 2 N–H and O–H groups in total. The van der Waals surface area contributed by atoms with Crippen LogP contribution < -0.4 is 10.5 Å². The van der Waals surface area contributed by atoms with Crippen molar-refractivity contribution in [2.24, 2.45) is 5.73 Å². The monoisotopic (exact) mass is 255 g/mol. The minimum absolute atomic E-state index is 0.0144. The maximum atomic E-state index is 6.18. The lowest BCUT2D eigenvalue weighted by molar-refractivity contribution is 0.403. The van der Waals surface area contributed by atoms with Crippen LogP contribution in [0.4, 0.5) is 0 Å². The van der Waals surface area contributed by atoms with Crippen molar-refractivity contribution in [2.45, 2.75) is 45.1 Å². The number of methoxy groups -OCH3 is 1. The van der Waals surface area contributed by atoms with Gasteiger partial charge in [0.15, 0.2) is 0 Å². The summed E-state index contributed by atoms with van der Waals surface area (Å²) in [6, 6.07) is 5.63. The van der Waals surface area contributed by atoms with E-state index in [1.807, 2.05) is 18.2 Å². The Morgan fingerprint density at radius 3 is 2.71 bits per heavy atom. The molecule has 1 aromatic carbocycles. The van der Waals surface area contributed by atoms with Gasteiger partial charge in [-0.15, -0.1) is 0 Å². The van der Waals surface area contributed by atoms with E-state index in [1.54, 1.807) is 7.11 Å². The van der Waals surface area contributed by atoms with E-state index >= 15 is 0 Å². The number of halogens is 1. The molecule has 3 heteroatoms. The van der Waals surface area contributed by atoms with Crippen LogP contribution in [0.5, 0.6) is 5.75 Å². The summed E-state index contributed by atoms with van der Waals surface area (Å²) in [4.78, 5) is 0.